The molecule has 0 aliphatic carbocycles. The zero-order valence-corrected chi connectivity index (χ0v) is 15.4. The summed E-state index contributed by atoms with van der Waals surface area (Å²) in [4.78, 5) is 2.47. The van der Waals surface area contributed by atoms with E-state index in [2.05, 4.69) is 22.3 Å². The van der Waals surface area contributed by atoms with Crippen molar-refractivity contribution in [2.75, 3.05) is 41.0 Å². The average molecular weight is 345 g/mol. The Hall–Kier alpha value is -1.17. The molecule has 2 rings (SSSR count). The van der Waals surface area contributed by atoms with Gasteiger partial charge in [-0.2, -0.15) is 0 Å². The van der Waals surface area contributed by atoms with E-state index in [1.165, 1.54) is 18.4 Å². The number of likely N-dealkylation sites (N-methyl/N-ethyl adjacent to an activating group) is 1. The van der Waals surface area contributed by atoms with Gasteiger partial charge >= 0.3 is 0 Å². The van der Waals surface area contributed by atoms with E-state index in [4.69, 9.17) is 14.2 Å². The lowest BCUT2D eigenvalue weighted by atomic mass is 10.0. The van der Waals surface area contributed by atoms with Gasteiger partial charge in [-0.05, 0) is 51.1 Å². The van der Waals surface area contributed by atoms with Gasteiger partial charge in [0.1, 0.15) is 0 Å². The number of benzene rings is 1. The van der Waals surface area contributed by atoms with Crippen molar-refractivity contribution in [1.29, 1.82) is 0 Å². The number of likely N-dealkylation sites (tertiary alicyclic amines) is 1. The molecule has 1 aromatic rings. The molecule has 6 heteroatoms. The molecule has 1 aliphatic heterocycles. The summed E-state index contributed by atoms with van der Waals surface area (Å²) in [5.41, 5.74) is 1.19. The molecular formula is C17H29ClN2O3. The Morgan fingerprint density at radius 3 is 2.39 bits per heavy atom. The van der Waals surface area contributed by atoms with Gasteiger partial charge in [0, 0.05) is 19.1 Å². The second kappa shape index (κ2) is 9.85. The van der Waals surface area contributed by atoms with Crippen molar-refractivity contribution in [3.05, 3.63) is 17.7 Å². The van der Waals surface area contributed by atoms with Gasteiger partial charge in [0.15, 0.2) is 11.5 Å². The van der Waals surface area contributed by atoms with E-state index in [-0.39, 0.29) is 12.4 Å². The minimum absolute atomic E-state index is 0. The van der Waals surface area contributed by atoms with Gasteiger partial charge < -0.3 is 19.5 Å². The second-order valence-electron chi connectivity index (χ2n) is 5.63. The summed E-state index contributed by atoms with van der Waals surface area (Å²) < 4.78 is 16.6. The highest BCUT2D eigenvalue weighted by Crippen LogP contribution is 2.39. The molecule has 0 radical (unpaired) electrons. The number of nitrogens with zero attached hydrogens (tertiary/aromatic N) is 1. The number of nitrogens with one attached hydrogen (secondary N) is 1. The summed E-state index contributed by atoms with van der Waals surface area (Å²) in [6, 6.07) is 4.69. The largest absolute Gasteiger partial charge is 0.493 e. The molecule has 0 spiro atoms. The van der Waals surface area contributed by atoms with Crippen molar-refractivity contribution in [3.8, 4) is 17.2 Å². The fourth-order valence-corrected chi connectivity index (χ4v) is 3.01. The Kier molecular flexibility index (Phi) is 8.52. The average Bonchev–Trinajstić information content (AvgIpc) is 2.56. The maximum Gasteiger partial charge on any atom is 0.203 e. The van der Waals surface area contributed by atoms with Gasteiger partial charge in [-0.15, -0.1) is 12.4 Å². The highest BCUT2D eigenvalue weighted by molar-refractivity contribution is 5.85. The third-order valence-electron chi connectivity index (χ3n) is 4.13. The van der Waals surface area contributed by atoms with Gasteiger partial charge in [-0.25, -0.2) is 0 Å². The molecule has 1 unspecified atom stereocenters. The number of rotatable bonds is 7. The molecule has 1 saturated heterocycles. The van der Waals surface area contributed by atoms with E-state index in [0.29, 0.717) is 18.4 Å². The van der Waals surface area contributed by atoms with E-state index >= 15 is 0 Å². The van der Waals surface area contributed by atoms with Crippen LogP contribution in [0, 0.1) is 0 Å². The van der Waals surface area contributed by atoms with E-state index in [1.807, 2.05) is 14.0 Å². The van der Waals surface area contributed by atoms with Crippen molar-refractivity contribution in [2.45, 2.75) is 32.4 Å². The van der Waals surface area contributed by atoms with Crippen LogP contribution >= 0.6 is 12.4 Å². The van der Waals surface area contributed by atoms with Crippen LogP contribution in [0.15, 0.2) is 12.1 Å². The third-order valence-corrected chi connectivity index (χ3v) is 4.13. The first-order valence-corrected chi connectivity index (χ1v) is 7.99. The van der Waals surface area contributed by atoms with Crippen LogP contribution in [0.3, 0.4) is 0 Å². The Bertz CT molecular complexity index is 460. The maximum absolute atomic E-state index is 5.66. The number of ether oxygens (including phenoxy) is 3. The van der Waals surface area contributed by atoms with Crippen LogP contribution in [0.5, 0.6) is 17.2 Å². The Morgan fingerprint density at radius 2 is 1.87 bits per heavy atom. The predicted molar refractivity (Wildman–Crippen MR) is 95.3 cm³/mol. The molecule has 1 aromatic carbocycles. The molecule has 0 amide bonds. The molecule has 0 aromatic heterocycles. The Labute approximate surface area is 145 Å². The van der Waals surface area contributed by atoms with E-state index in [1.54, 1.807) is 14.2 Å². The smallest absolute Gasteiger partial charge is 0.203 e. The zero-order chi connectivity index (χ0) is 15.9. The van der Waals surface area contributed by atoms with Gasteiger partial charge in [0.2, 0.25) is 5.75 Å². The molecule has 0 saturated carbocycles. The maximum atomic E-state index is 5.66. The second-order valence-corrected chi connectivity index (χ2v) is 5.63. The monoisotopic (exact) mass is 344 g/mol. The normalized spacial score (nSPS) is 18.2. The molecule has 5 nitrogen and oxygen atoms in total. The number of hydrogen-bond donors (Lipinski definition) is 1. The van der Waals surface area contributed by atoms with E-state index < -0.39 is 0 Å². The predicted octanol–water partition coefficient (Wildman–Crippen LogP) is 2.71. The first-order chi connectivity index (χ1) is 10.7. The van der Waals surface area contributed by atoms with Gasteiger partial charge in [-0.1, -0.05) is 0 Å². The summed E-state index contributed by atoms with van der Waals surface area (Å²) >= 11 is 0. The lowest BCUT2D eigenvalue weighted by Crippen LogP contribution is -2.43. The van der Waals surface area contributed by atoms with Crippen molar-refractivity contribution >= 4 is 12.4 Å². The number of methoxy groups -OCH3 is 2. The molecule has 23 heavy (non-hydrogen) atoms. The van der Waals surface area contributed by atoms with Crippen LogP contribution < -0.4 is 19.5 Å². The number of piperidine rings is 1. The number of halogens is 1. The standard InChI is InChI=1S/C17H28N2O3.ClH/c1-5-22-17-15(20-3)9-13(10-16(17)21-4)11-19-8-6-7-14(12-19)18-2;/h9-10,14,18H,5-8,11-12H2,1-4H3;1H. The first kappa shape index (κ1) is 19.9. The highest BCUT2D eigenvalue weighted by atomic mass is 35.5. The summed E-state index contributed by atoms with van der Waals surface area (Å²) in [6.45, 7) is 5.65. The van der Waals surface area contributed by atoms with Crippen LogP contribution in [0.2, 0.25) is 0 Å². The summed E-state index contributed by atoms with van der Waals surface area (Å²) in [6.07, 6.45) is 2.49. The molecule has 0 bridgehead atoms. The minimum Gasteiger partial charge on any atom is -0.493 e. The highest BCUT2D eigenvalue weighted by Gasteiger charge is 2.20. The topological polar surface area (TPSA) is 43.0 Å². The van der Waals surface area contributed by atoms with Gasteiger partial charge in [0.25, 0.3) is 0 Å². The van der Waals surface area contributed by atoms with Crippen LogP contribution in [-0.4, -0.2) is 51.9 Å². The third kappa shape index (κ3) is 5.16. The SMILES string of the molecule is CCOc1c(OC)cc(CN2CCCC(NC)C2)cc1OC.Cl. The van der Waals surface area contributed by atoms with Crippen LogP contribution in [-0.2, 0) is 6.54 Å². The van der Waals surface area contributed by atoms with Crippen LogP contribution in [0.1, 0.15) is 25.3 Å². The summed E-state index contributed by atoms with van der Waals surface area (Å²) in [7, 11) is 5.37. The van der Waals surface area contributed by atoms with Gasteiger partial charge in [-0.3, -0.25) is 4.90 Å². The lowest BCUT2D eigenvalue weighted by molar-refractivity contribution is 0.187. The molecule has 1 atom stereocenters. The van der Waals surface area contributed by atoms with Crippen molar-refractivity contribution < 1.29 is 14.2 Å². The summed E-state index contributed by atoms with van der Waals surface area (Å²) in [5.74, 6) is 2.15. The first-order valence-electron chi connectivity index (χ1n) is 7.99. The van der Waals surface area contributed by atoms with Crippen molar-refractivity contribution in [3.63, 3.8) is 0 Å². The van der Waals surface area contributed by atoms with Crippen molar-refractivity contribution in [2.24, 2.45) is 0 Å². The zero-order valence-electron chi connectivity index (χ0n) is 14.6. The van der Waals surface area contributed by atoms with Crippen LogP contribution in [0.25, 0.3) is 0 Å². The van der Waals surface area contributed by atoms with Gasteiger partial charge in [0.05, 0.1) is 20.8 Å². The summed E-state index contributed by atoms with van der Waals surface area (Å²) in [5, 5.41) is 3.38. The Morgan fingerprint density at radius 1 is 1.22 bits per heavy atom. The molecule has 132 valence electrons. The molecule has 1 aliphatic rings. The quantitative estimate of drug-likeness (QED) is 0.823. The number of hydrogen-bond acceptors (Lipinski definition) is 5. The fourth-order valence-electron chi connectivity index (χ4n) is 3.01. The van der Waals surface area contributed by atoms with Crippen molar-refractivity contribution in [1.82, 2.24) is 10.2 Å². The fraction of sp³-hybridized carbons (Fsp3) is 0.647. The lowest BCUT2D eigenvalue weighted by Gasteiger charge is -2.32. The molecular weight excluding hydrogens is 316 g/mol. The van der Waals surface area contributed by atoms with E-state index in [9.17, 15) is 0 Å². The molecule has 1 fully saturated rings. The minimum atomic E-state index is 0. The molecule has 1 N–H and O–H groups in total. The van der Waals surface area contributed by atoms with E-state index in [0.717, 1.165) is 31.1 Å². The molecule has 1 heterocycles. The van der Waals surface area contributed by atoms with Crippen LogP contribution in [0.4, 0.5) is 0 Å². The Balaban J connectivity index is 0.00000264.